The van der Waals surface area contributed by atoms with Gasteiger partial charge in [0.05, 0.1) is 12.6 Å². The van der Waals surface area contributed by atoms with Crippen LogP contribution < -0.4 is 16.4 Å². The number of nitrogens with zero attached hydrogens (tertiary/aromatic N) is 2. The second kappa shape index (κ2) is 11.1. The Bertz CT molecular complexity index is 828. The van der Waals surface area contributed by atoms with Crippen LogP contribution in [0.25, 0.3) is 0 Å². The first-order valence-corrected chi connectivity index (χ1v) is 11.6. The van der Waals surface area contributed by atoms with Gasteiger partial charge < -0.3 is 16.4 Å². The second-order valence-corrected chi connectivity index (χ2v) is 8.87. The lowest BCUT2D eigenvalue weighted by atomic mass is 9.97. The molecule has 0 radical (unpaired) electrons. The molecule has 1 aromatic carbocycles. The number of carbonyl (C=O) groups is 1. The quantitative estimate of drug-likeness (QED) is 0.446. The van der Waals surface area contributed by atoms with Crippen LogP contribution in [0.15, 0.2) is 46.8 Å². The van der Waals surface area contributed by atoms with E-state index in [1.807, 2.05) is 23.5 Å². The molecule has 0 bridgehead atoms. The highest BCUT2D eigenvalue weighted by Crippen LogP contribution is 2.29. The maximum Gasteiger partial charge on any atom is 0.248 e. The normalized spacial score (nSPS) is 16.9. The van der Waals surface area contributed by atoms with Gasteiger partial charge in [-0.1, -0.05) is 25.1 Å². The Morgan fingerprint density at radius 3 is 2.73 bits per heavy atom. The van der Waals surface area contributed by atoms with E-state index < -0.39 is 5.91 Å². The minimum absolute atomic E-state index is 0.347. The van der Waals surface area contributed by atoms with Crippen LogP contribution in [-0.4, -0.2) is 42.9 Å². The Morgan fingerprint density at radius 2 is 2.07 bits per heavy atom. The number of aliphatic imine (C=N–C) groups is 1. The third-order valence-corrected chi connectivity index (χ3v) is 6.54. The Morgan fingerprint density at radius 1 is 1.27 bits per heavy atom. The summed E-state index contributed by atoms with van der Waals surface area (Å²) in [5, 5.41) is 9.02. The number of carbonyl (C=O) groups excluding carboxylic acids is 1. The van der Waals surface area contributed by atoms with Crippen LogP contribution in [0.4, 0.5) is 0 Å². The predicted octanol–water partition coefficient (Wildman–Crippen LogP) is 3.38. The molecule has 2 aromatic rings. The first-order valence-electron chi connectivity index (χ1n) is 10.7. The van der Waals surface area contributed by atoms with Gasteiger partial charge in [-0.15, -0.1) is 11.3 Å². The summed E-state index contributed by atoms with van der Waals surface area (Å²) in [5.74, 6) is 1.18. The lowest BCUT2D eigenvalue weighted by Gasteiger charge is -2.36. The van der Waals surface area contributed by atoms with E-state index in [0.29, 0.717) is 18.2 Å². The average Bonchev–Trinajstić information content (AvgIpc) is 3.28. The molecule has 1 aliphatic heterocycles. The van der Waals surface area contributed by atoms with Gasteiger partial charge in [0.15, 0.2) is 5.96 Å². The zero-order valence-electron chi connectivity index (χ0n) is 17.9. The smallest absolute Gasteiger partial charge is 0.248 e. The van der Waals surface area contributed by atoms with E-state index in [1.165, 1.54) is 17.7 Å². The summed E-state index contributed by atoms with van der Waals surface area (Å²) >= 11 is 1.82. The Labute approximate surface area is 183 Å². The molecule has 1 saturated heterocycles. The highest BCUT2D eigenvalue weighted by atomic mass is 32.1. The molecule has 162 valence electrons. The van der Waals surface area contributed by atoms with Crippen LogP contribution in [-0.2, 0) is 6.54 Å². The Hall–Kier alpha value is -2.38. The van der Waals surface area contributed by atoms with Gasteiger partial charge in [0.25, 0.3) is 0 Å². The molecule has 6 nitrogen and oxygen atoms in total. The lowest BCUT2D eigenvalue weighted by molar-refractivity contribution is 0.1000. The van der Waals surface area contributed by atoms with E-state index in [9.17, 15) is 4.79 Å². The van der Waals surface area contributed by atoms with Crippen molar-refractivity contribution in [1.82, 2.24) is 15.5 Å². The third kappa shape index (κ3) is 6.31. The number of rotatable bonds is 8. The SMILES string of the molecule is CCNC(=NCc1cccc(C(N)=O)c1)NCC(c1cccs1)N1CCC(C)CC1. The summed E-state index contributed by atoms with van der Waals surface area (Å²) in [6, 6.07) is 12.0. The first-order chi connectivity index (χ1) is 14.6. The van der Waals surface area contributed by atoms with Crippen molar-refractivity contribution in [2.45, 2.75) is 39.3 Å². The summed E-state index contributed by atoms with van der Waals surface area (Å²) in [7, 11) is 0. The van der Waals surface area contributed by atoms with Crippen molar-refractivity contribution in [2.24, 2.45) is 16.6 Å². The average molecular weight is 428 g/mol. The van der Waals surface area contributed by atoms with Crippen molar-refractivity contribution >= 4 is 23.2 Å². The number of benzene rings is 1. The van der Waals surface area contributed by atoms with Crippen molar-refractivity contribution < 1.29 is 4.79 Å². The monoisotopic (exact) mass is 427 g/mol. The van der Waals surface area contributed by atoms with Crippen LogP contribution in [0.5, 0.6) is 0 Å². The molecule has 1 atom stereocenters. The number of likely N-dealkylation sites (tertiary alicyclic amines) is 1. The second-order valence-electron chi connectivity index (χ2n) is 7.89. The van der Waals surface area contributed by atoms with Crippen molar-refractivity contribution in [2.75, 3.05) is 26.2 Å². The summed E-state index contributed by atoms with van der Waals surface area (Å²) < 4.78 is 0. The highest BCUT2D eigenvalue weighted by Gasteiger charge is 2.25. The largest absolute Gasteiger partial charge is 0.366 e. The van der Waals surface area contributed by atoms with Gasteiger partial charge in [0.2, 0.25) is 5.91 Å². The van der Waals surface area contributed by atoms with E-state index in [1.54, 1.807) is 12.1 Å². The van der Waals surface area contributed by atoms with Gasteiger partial charge in [-0.05, 0) is 67.9 Å². The predicted molar refractivity (Wildman–Crippen MR) is 125 cm³/mol. The fourth-order valence-electron chi connectivity index (χ4n) is 3.76. The molecule has 2 heterocycles. The number of piperidine rings is 1. The van der Waals surface area contributed by atoms with E-state index in [2.05, 4.69) is 46.9 Å². The molecule has 1 unspecified atom stereocenters. The number of guanidine groups is 1. The fraction of sp³-hybridized carbons (Fsp3) is 0.478. The maximum atomic E-state index is 11.4. The minimum Gasteiger partial charge on any atom is -0.366 e. The fourth-order valence-corrected chi connectivity index (χ4v) is 4.62. The van der Waals surface area contributed by atoms with Gasteiger partial charge in [0.1, 0.15) is 0 Å². The van der Waals surface area contributed by atoms with Crippen molar-refractivity contribution in [3.8, 4) is 0 Å². The zero-order valence-corrected chi connectivity index (χ0v) is 18.8. The standard InChI is InChI=1S/C23H33N5OS/c1-3-25-23(26-15-18-6-4-7-19(14-18)22(24)29)27-16-20(21-8-5-13-30-21)28-11-9-17(2)10-12-28/h4-8,13-14,17,20H,3,9-12,15-16H2,1-2H3,(H2,24,29)(H2,25,26,27). The topological polar surface area (TPSA) is 82.7 Å². The number of hydrogen-bond donors (Lipinski definition) is 3. The van der Waals surface area contributed by atoms with E-state index in [0.717, 1.165) is 43.6 Å². The molecule has 7 heteroatoms. The molecular formula is C23H33N5OS. The minimum atomic E-state index is -0.416. The number of nitrogens with two attached hydrogens (primary N) is 1. The Balaban J connectivity index is 1.67. The summed E-state index contributed by atoms with van der Waals surface area (Å²) in [5.41, 5.74) is 6.86. The van der Waals surface area contributed by atoms with Gasteiger partial charge in [-0.3, -0.25) is 9.69 Å². The maximum absolute atomic E-state index is 11.4. The van der Waals surface area contributed by atoms with Crippen molar-refractivity contribution in [1.29, 1.82) is 0 Å². The van der Waals surface area contributed by atoms with Gasteiger partial charge >= 0.3 is 0 Å². The number of amides is 1. The molecule has 30 heavy (non-hydrogen) atoms. The molecule has 1 aromatic heterocycles. The van der Waals surface area contributed by atoms with Crippen LogP contribution in [0.3, 0.4) is 0 Å². The van der Waals surface area contributed by atoms with Gasteiger partial charge in [-0.25, -0.2) is 4.99 Å². The lowest BCUT2D eigenvalue weighted by Crippen LogP contribution is -2.45. The molecular weight excluding hydrogens is 394 g/mol. The molecule has 0 spiro atoms. The van der Waals surface area contributed by atoms with Crippen molar-refractivity contribution in [3.63, 3.8) is 0 Å². The van der Waals surface area contributed by atoms with E-state index in [-0.39, 0.29) is 0 Å². The van der Waals surface area contributed by atoms with Crippen molar-refractivity contribution in [3.05, 3.63) is 57.8 Å². The van der Waals surface area contributed by atoms with Crippen LogP contribution in [0, 0.1) is 5.92 Å². The molecule has 0 aliphatic carbocycles. The van der Waals surface area contributed by atoms with Crippen LogP contribution in [0.2, 0.25) is 0 Å². The van der Waals surface area contributed by atoms with Crippen LogP contribution in [0.1, 0.15) is 53.5 Å². The number of hydrogen-bond acceptors (Lipinski definition) is 4. The van der Waals surface area contributed by atoms with E-state index in [4.69, 9.17) is 10.7 Å². The highest BCUT2D eigenvalue weighted by molar-refractivity contribution is 7.10. The summed E-state index contributed by atoms with van der Waals surface area (Å²) in [6.45, 7) is 8.77. The Kier molecular flexibility index (Phi) is 8.28. The molecule has 1 fully saturated rings. The van der Waals surface area contributed by atoms with Crippen LogP contribution >= 0.6 is 11.3 Å². The van der Waals surface area contributed by atoms with Gasteiger partial charge in [0, 0.05) is 23.5 Å². The summed E-state index contributed by atoms with van der Waals surface area (Å²) in [6.07, 6.45) is 2.51. The molecule has 1 amide bonds. The molecule has 4 N–H and O–H groups in total. The molecule has 1 aliphatic rings. The van der Waals surface area contributed by atoms with E-state index >= 15 is 0 Å². The summed E-state index contributed by atoms with van der Waals surface area (Å²) in [4.78, 5) is 20.1. The number of nitrogens with one attached hydrogen (secondary N) is 2. The van der Waals surface area contributed by atoms with Gasteiger partial charge in [-0.2, -0.15) is 0 Å². The number of primary amides is 1. The zero-order chi connectivity index (χ0) is 21.3. The third-order valence-electron chi connectivity index (χ3n) is 5.57. The molecule has 3 rings (SSSR count). The molecule has 0 saturated carbocycles. The first kappa shape index (κ1) is 22.3. The number of thiophene rings is 1.